The van der Waals surface area contributed by atoms with Gasteiger partial charge in [-0.25, -0.2) is 4.98 Å². The van der Waals surface area contributed by atoms with Gasteiger partial charge in [-0.1, -0.05) is 29.3 Å². The third kappa shape index (κ3) is 5.17. The Morgan fingerprint density at radius 1 is 1.27 bits per heavy atom. The minimum Gasteiger partial charge on any atom is -0.377 e. The topological polar surface area (TPSA) is 70.4 Å². The number of ether oxygens (including phenoxy) is 2. The van der Waals surface area contributed by atoms with E-state index < -0.39 is 0 Å². The maximum Gasteiger partial charge on any atom is 0.126 e. The number of benzene rings is 1. The van der Waals surface area contributed by atoms with Crippen LogP contribution in [0.15, 0.2) is 36.5 Å². The summed E-state index contributed by atoms with van der Waals surface area (Å²) < 4.78 is 12.5. The van der Waals surface area contributed by atoms with Crippen molar-refractivity contribution in [3.8, 4) is 6.07 Å². The summed E-state index contributed by atoms with van der Waals surface area (Å²) in [5, 5.41) is 12.2. The Morgan fingerprint density at radius 3 is 2.83 bits per heavy atom. The summed E-state index contributed by atoms with van der Waals surface area (Å²) in [5.41, 5.74) is 4.31. The fourth-order valence-corrected chi connectivity index (χ4v) is 4.58. The number of hydrogen-bond acceptors (Lipinski definition) is 6. The molecule has 6 heteroatoms. The van der Waals surface area contributed by atoms with Crippen molar-refractivity contribution >= 4 is 5.82 Å². The van der Waals surface area contributed by atoms with Crippen molar-refractivity contribution in [1.29, 1.82) is 5.26 Å². The molecule has 0 unspecified atom stereocenters. The number of pyridine rings is 1. The van der Waals surface area contributed by atoms with E-state index in [9.17, 15) is 0 Å². The number of nitrogens with one attached hydrogen (secondary N) is 1. The van der Waals surface area contributed by atoms with E-state index >= 15 is 0 Å². The molecule has 0 aliphatic carbocycles. The second-order valence-electron chi connectivity index (χ2n) is 8.65. The SMILES string of the molecule is Cc1cc(C)cc(CN2CCOC[C@]3(CC[C@@H](CNc4ccc(C#N)cn4)O3)C2)c1. The van der Waals surface area contributed by atoms with Crippen LogP contribution in [-0.4, -0.2) is 54.4 Å². The molecule has 3 heterocycles. The molecule has 0 bridgehead atoms. The van der Waals surface area contributed by atoms with Gasteiger partial charge in [0.25, 0.3) is 0 Å². The molecule has 30 heavy (non-hydrogen) atoms. The average Bonchev–Trinajstić information content (AvgIpc) is 3.01. The molecule has 1 spiro atoms. The molecular weight excluding hydrogens is 376 g/mol. The van der Waals surface area contributed by atoms with Crippen LogP contribution in [0.25, 0.3) is 0 Å². The van der Waals surface area contributed by atoms with Crippen LogP contribution in [0, 0.1) is 25.2 Å². The molecule has 2 saturated heterocycles. The van der Waals surface area contributed by atoms with E-state index in [0.717, 1.165) is 44.9 Å². The van der Waals surface area contributed by atoms with E-state index in [1.165, 1.54) is 16.7 Å². The van der Waals surface area contributed by atoms with Crippen LogP contribution in [0.1, 0.15) is 35.1 Å². The molecule has 4 rings (SSSR count). The summed E-state index contributed by atoms with van der Waals surface area (Å²) in [6.07, 6.45) is 3.73. The van der Waals surface area contributed by atoms with Crippen LogP contribution in [0.4, 0.5) is 5.82 Å². The second-order valence-corrected chi connectivity index (χ2v) is 8.65. The van der Waals surface area contributed by atoms with Gasteiger partial charge in [0, 0.05) is 32.4 Å². The Bertz CT molecular complexity index is 888. The molecule has 6 nitrogen and oxygen atoms in total. The Kier molecular flexibility index (Phi) is 6.33. The minimum atomic E-state index is -0.236. The molecular formula is C24H30N4O2. The van der Waals surface area contributed by atoms with Crippen LogP contribution in [0.5, 0.6) is 0 Å². The molecule has 2 aliphatic rings. The Labute approximate surface area is 178 Å². The molecule has 158 valence electrons. The monoisotopic (exact) mass is 406 g/mol. The van der Waals surface area contributed by atoms with E-state index in [1.54, 1.807) is 12.3 Å². The standard InChI is InChI=1S/C24H30N4O2/c1-18-9-19(2)11-21(10-18)15-28-7-8-29-17-24(16-28)6-5-22(30-24)14-27-23-4-3-20(12-25)13-26-23/h3-4,9-11,13,22H,5-8,14-17H2,1-2H3,(H,26,27)/t22-,24-/m0/s1. The smallest absolute Gasteiger partial charge is 0.126 e. The fraction of sp³-hybridized carbons (Fsp3) is 0.500. The lowest BCUT2D eigenvalue weighted by Gasteiger charge is -2.32. The van der Waals surface area contributed by atoms with Crippen molar-refractivity contribution in [2.75, 3.05) is 38.2 Å². The number of rotatable bonds is 5. The number of hydrogen-bond donors (Lipinski definition) is 1. The first-order chi connectivity index (χ1) is 14.5. The van der Waals surface area contributed by atoms with E-state index in [0.29, 0.717) is 18.7 Å². The minimum absolute atomic E-state index is 0.132. The van der Waals surface area contributed by atoms with Crippen LogP contribution < -0.4 is 5.32 Å². The summed E-state index contributed by atoms with van der Waals surface area (Å²) in [6.45, 7) is 9.17. The lowest BCUT2D eigenvalue weighted by molar-refractivity contribution is -0.0826. The molecule has 0 amide bonds. The van der Waals surface area contributed by atoms with Gasteiger partial charge >= 0.3 is 0 Å². The molecule has 2 aliphatic heterocycles. The number of aromatic nitrogens is 1. The van der Waals surface area contributed by atoms with Gasteiger partial charge in [-0.15, -0.1) is 0 Å². The molecule has 2 fully saturated rings. The average molecular weight is 407 g/mol. The highest BCUT2D eigenvalue weighted by Gasteiger charge is 2.42. The predicted molar refractivity (Wildman–Crippen MR) is 116 cm³/mol. The molecule has 2 aromatic rings. The van der Waals surface area contributed by atoms with Gasteiger partial charge in [0.15, 0.2) is 0 Å². The predicted octanol–water partition coefficient (Wildman–Crippen LogP) is 3.43. The zero-order valence-corrected chi connectivity index (χ0v) is 17.9. The van der Waals surface area contributed by atoms with Crippen molar-refractivity contribution in [1.82, 2.24) is 9.88 Å². The molecule has 0 radical (unpaired) electrons. The third-order valence-electron chi connectivity index (χ3n) is 5.86. The van der Waals surface area contributed by atoms with Crippen molar-refractivity contribution in [2.45, 2.75) is 44.9 Å². The quantitative estimate of drug-likeness (QED) is 0.820. The number of aryl methyl sites for hydroxylation is 2. The Hall–Kier alpha value is -2.46. The first-order valence-corrected chi connectivity index (χ1v) is 10.7. The summed E-state index contributed by atoms with van der Waals surface area (Å²) in [5.74, 6) is 0.770. The molecule has 0 saturated carbocycles. The van der Waals surface area contributed by atoms with Crippen molar-refractivity contribution in [3.05, 3.63) is 58.8 Å². The number of anilines is 1. The van der Waals surface area contributed by atoms with Crippen LogP contribution in [0.2, 0.25) is 0 Å². The molecule has 1 N–H and O–H groups in total. The molecule has 1 aromatic carbocycles. The van der Waals surface area contributed by atoms with Crippen LogP contribution in [0.3, 0.4) is 0 Å². The van der Waals surface area contributed by atoms with Crippen molar-refractivity contribution < 1.29 is 9.47 Å². The maximum absolute atomic E-state index is 8.89. The molecule has 2 atom stereocenters. The normalized spacial score (nSPS) is 24.5. The highest BCUT2D eigenvalue weighted by atomic mass is 16.6. The van der Waals surface area contributed by atoms with E-state index in [2.05, 4.69) is 53.3 Å². The van der Waals surface area contributed by atoms with Gasteiger partial charge in [0.2, 0.25) is 0 Å². The highest BCUT2D eigenvalue weighted by Crippen LogP contribution is 2.33. The zero-order chi connectivity index (χ0) is 21.0. The second kappa shape index (κ2) is 9.13. The van der Waals surface area contributed by atoms with Gasteiger partial charge in [0.05, 0.1) is 24.9 Å². The Morgan fingerprint density at radius 2 is 2.10 bits per heavy atom. The van der Waals surface area contributed by atoms with Crippen molar-refractivity contribution in [2.24, 2.45) is 0 Å². The lowest BCUT2D eigenvalue weighted by atomic mass is 9.99. The first-order valence-electron chi connectivity index (χ1n) is 10.7. The van der Waals surface area contributed by atoms with Gasteiger partial charge in [-0.2, -0.15) is 5.26 Å². The highest BCUT2D eigenvalue weighted by molar-refractivity contribution is 5.39. The summed E-state index contributed by atoms with van der Waals surface area (Å²) in [7, 11) is 0. The van der Waals surface area contributed by atoms with E-state index in [4.69, 9.17) is 14.7 Å². The summed E-state index contributed by atoms with van der Waals surface area (Å²) >= 11 is 0. The summed E-state index contributed by atoms with van der Waals surface area (Å²) in [6, 6.07) is 12.5. The molecule has 1 aromatic heterocycles. The maximum atomic E-state index is 8.89. The van der Waals surface area contributed by atoms with Gasteiger partial charge in [-0.05, 0) is 44.4 Å². The number of nitrogens with zero attached hydrogens (tertiary/aromatic N) is 3. The summed E-state index contributed by atoms with van der Waals surface area (Å²) in [4.78, 5) is 6.75. The zero-order valence-electron chi connectivity index (χ0n) is 17.9. The van der Waals surface area contributed by atoms with E-state index in [1.807, 2.05) is 6.07 Å². The van der Waals surface area contributed by atoms with E-state index in [-0.39, 0.29) is 11.7 Å². The first kappa shape index (κ1) is 20.8. The van der Waals surface area contributed by atoms with Gasteiger partial charge in [0.1, 0.15) is 17.5 Å². The lowest BCUT2D eigenvalue weighted by Crippen LogP contribution is -2.44. The van der Waals surface area contributed by atoms with Crippen LogP contribution >= 0.6 is 0 Å². The number of nitriles is 1. The Balaban J connectivity index is 1.35. The van der Waals surface area contributed by atoms with Crippen LogP contribution in [-0.2, 0) is 16.0 Å². The van der Waals surface area contributed by atoms with Gasteiger partial charge < -0.3 is 14.8 Å². The van der Waals surface area contributed by atoms with Crippen molar-refractivity contribution in [3.63, 3.8) is 0 Å². The van der Waals surface area contributed by atoms with Gasteiger partial charge in [-0.3, -0.25) is 4.90 Å². The largest absolute Gasteiger partial charge is 0.377 e. The third-order valence-corrected chi connectivity index (χ3v) is 5.86. The fourth-order valence-electron chi connectivity index (χ4n) is 4.58.